The normalized spacial score (nSPS) is 17.1. The van der Waals surface area contributed by atoms with Crippen LogP contribution in [-0.4, -0.2) is 21.4 Å². The Kier molecular flexibility index (Phi) is 3.53. The number of carbonyl (C=O) groups excluding carboxylic acids is 1. The number of nitriles is 1. The highest BCUT2D eigenvalue weighted by atomic mass is 16.1. The number of benzene rings is 1. The van der Waals surface area contributed by atoms with Crippen molar-refractivity contribution in [2.45, 2.75) is 37.6 Å². The van der Waals surface area contributed by atoms with Crippen molar-refractivity contribution in [1.82, 2.24) is 15.3 Å². The Hall–Kier alpha value is -2.48. The molecule has 0 saturated heterocycles. The smallest absolute Gasteiger partial charge is 0.254 e. The van der Waals surface area contributed by atoms with Crippen LogP contribution in [0.1, 0.15) is 42.5 Å². The van der Waals surface area contributed by atoms with Crippen LogP contribution in [0, 0.1) is 11.3 Å². The van der Waals surface area contributed by atoms with Gasteiger partial charge in [-0.25, -0.2) is 0 Å². The second kappa shape index (κ2) is 5.49. The average molecular weight is 280 g/mol. The first kappa shape index (κ1) is 13.5. The van der Waals surface area contributed by atoms with Crippen LogP contribution in [0.4, 0.5) is 0 Å². The Morgan fingerprint density at radius 1 is 1.19 bits per heavy atom. The molecule has 0 aliphatic heterocycles. The van der Waals surface area contributed by atoms with E-state index in [9.17, 15) is 10.1 Å². The molecule has 106 valence electrons. The van der Waals surface area contributed by atoms with Gasteiger partial charge < -0.3 is 5.32 Å². The van der Waals surface area contributed by atoms with Crippen LogP contribution in [0.3, 0.4) is 0 Å². The zero-order chi connectivity index (χ0) is 14.7. The van der Waals surface area contributed by atoms with Crippen molar-refractivity contribution in [3.8, 4) is 6.07 Å². The number of carbonyl (C=O) groups is 1. The van der Waals surface area contributed by atoms with Crippen LogP contribution >= 0.6 is 0 Å². The van der Waals surface area contributed by atoms with Gasteiger partial charge in [-0.05, 0) is 25.0 Å². The highest BCUT2D eigenvalue weighted by molar-refractivity contribution is 6.05. The molecule has 21 heavy (non-hydrogen) atoms. The van der Waals surface area contributed by atoms with Crippen LogP contribution in [0.5, 0.6) is 0 Å². The molecule has 1 aliphatic carbocycles. The topological polar surface area (TPSA) is 78.7 Å². The molecule has 0 spiro atoms. The van der Waals surface area contributed by atoms with E-state index in [0.717, 1.165) is 19.3 Å². The maximum Gasteiger partial charge on any atom is 0.254 e. The zero-order valence-electron chi connectivity index (χ0n) is 11.7. The molecule has 5 heteroatoms. The van der Waals surface area contributed by atoms with E-state index in [4.69, 9.17) is 0 Å². The van der Waals surface area contributed by atoms with Crippen molar-refractivity contribution in [3.05, 3.63) is 36.2 Å². The third kappa shape index (κ3) is 2.57. The molecule has 1 aromatic carbocycles. The molecule has 5 nitrogen and oxygen atoms in total. The fourth-order valence-electron chi connectivity index (χ4n) is 2.88. The van der Waals surface area contributed by atoms with Gasteiger partial charge in [-0.3, -0.25) is 14.8 Å². The predicted octanol–water partition coefficient (Wildman–Crippen LogP) is 2.59. The lowest BCUT2D eigenvalue weighted by atomic mass is 9.82. The van der Waals surface area contributed by atoms with Gasteiger partial charge in [0, 0.05) is 12.4 Å². The minimum atomic E-state index is -0.736. The van der Waals surface area contributed by atoms with E-state index < -0.39 is 5.54 Å². The van der Waals surface area contributed by atoms with Gasteiger partial charge >= 0.3 is 0 Å². The zero-order valence-corrected chi connectivity index (χ0v) is 11.7. The second-order valence-electron chi connectivity index (χ2n) is 5.44. The monoisotopic (exact) mass is 280 g/mol. The van der Waals surface area contributed by atoms with Crippen LogP contribution < -0.4 is 5.32 Å². The van der Waals surface area contributed by atoms with Crippen molar-refractivity contribution in [1.29, 1.82) is 5.26 Å². The predicted molar refractivity (Wildman–Crippen MR) is 78.4 cm³/mol. The van der Waals surface area contributed by atoms with E-state index in [0.29, 0.717) is 29.4 Å². The van der Waals surface area contributed by atoms with Gasteiger partial charge in [0.15, 0.2) is 0 Å². The number of hydrogen-bond acceptors (Lipinski definition) is 4. The summed E-state index contributed by atoms with van der Waals surface area (Å²) in [6, 6.07) is 7.62. The molecule has 0 atom stereocenters. The quantitative estimate of drug-likeness (QED) is 0.917. The average Bonchev–Trinajstić information content (AvgIpc) is 2.55. The highest BCUT2D eigenvalue weighted by Crippen LogP contribution is 2.28. The molecular formula is C16H16N4O. The van der Waals surface area contributed by atoms with Gasteiger partial charge in [0.2, 0.25) is 0 Å². The molecule has 0 unspecified atom stereocenters. The summed E-state index contributed by atoms with van der Waals surface area (Å²) in [6.07, 6.45) is 7.67. The Balaban J connectivity index is 1.92. The van der Waals surface area contributed by atoms with Crippen molar-refractivity contribution < 1.29 is 4.79 Å². The molecule has 1 heterocycles. The van der Waals surface area contributed by atoms with Crippen LogP contribution in [0.15, 0.2) is 30.6 Å². The first-order valence-electron chi connectivity index (χ1n) is 7.18. The van der Waals surface area contributed by atoms with Gasteiger partial charge in [-0.15, -0.1) is 0 Å². The maximum atomic E-state index is 12.6. The summed E-state index contributed by atoms with van der Waals surface area (Å²) < 4.78 is 0. The summed E-state index contributed by atoms with van der Waals surface area (Å²) in [5.74, 6) is -0.246. The minimum absolute atomic E-state index is 0.246. The maximum absolute atomic E-state index is 12.6. The fourth-order valence-corrected chi connectivity index (χ4v) is 2.88. The van der Waals surface area contributed by atoms with E-state index in [2.05, 4.69) is 21.4 Å². The number of fused-ring (bicyclic) bond motifs is 1. The first-order valence-corrected chi connectivity index (χ1v) is 7.18. The molecule has 0 bridgehead atoms. The minimum Gasteiger partial charge on any atom is -0.334 e. The summed E-state index contributed by atoms with van der Waals surface area (Å²) in [6.45, 7) is 0. The van der Waals surface area contributed by atoms with Crippen molar-refractivity contribution in [2.24, 2.45) is 0 Å². The third-order valence-electron chi connectivity index (χ3n) is 4.02. The molecule has 1 fully saturated rings. The molecule has 1 aromatic heterocycles. The molecule has 1 saturated carbocycles. The number of para-hydroxylation sites is 1. The lowest BCUT2D eigenvalue weighted by Gasteiger charge is -2.31. The largest absolute Gasteiger partial charge is 0.334 e. The Morgan fingerprint density at radius 2 is 1.95 bits per heavy atom. The number of nitrogens with zero attached hydrogens (tertiary/aromatic N) is 3. The molecule has 1 aliphatic rings. The number of nitrogens with one attached hydrogen (secondary N) is 1. The second-order valence-corrected chi connectivity index (χ2v) is 5.44. The van der Waals surface area contributed by atoms with E-state index in [1.165, 1.54) is 0 Å². The number of hydrogen-bond donors (Lipinski definition) is 1. The summed E-state index contributed by atoms with van der Waals surface area (Å²) in [5.41, 5.74) is 0.988. The molecule has 1 N–H and O–H groups in total. The van der Waals surface area contributed by atoms with Crippen molar-refractivity contribution >= 4 is 16.9 Å². The van der Waals surface area contributed by atoms with Crippen LogP contribution in [-0.2, 0) is 0 Å². The lowest BCUT2D eigenvalue weighted by molar-refractivity contribution is 0.0904. The van der Waals surface area contributed by atoms with E-state index in [-0.39, 0.29) is 5.91 Å². The van der Waals surface area contributed by atoms with Crippen LogP contribution in [0.25, 0.3) is 11.0 Å². The van der Waals surface area contributed by atoms with Gasteiger partial charge in [0.05, 0.1) is 17.1 Å². The van der Waals surface area contributed by atoms with Gasteiger partial charge in [-0.2, -0.15) is 5.26 Å². The number of aromatic nitrogens is 2. The Morgan fingerprint density at radius 3 is 2.71 bits per heavy atom. The standard InChI is InChI=1S/C16H16N4O/c17-11-16(7-2-1-3-8-16)20-15(21)12-5-4-6-13-14(12)19-10-9-18-13/h4-6,9-10H,1-3,7-8H2,(H,20,21). The third-order valence-corrected chi connectivity index (χ3v) is 4.02. The molecule has 2 aromatic rings. The molecule has 3 rings (SSSR count). The van der Waals surface area contributed by atoms with E-state index in [1.54, 1.807) is 24.5 Å². The lowest BCUT2D eigenvalue weighted by Crippen LogP contribution is -2.48. The van der Waals surface area contributed by atoms with Crippen molar-refractivity contribution in [2.75, 3.05) is 0 Å². The van der Waals surface area contributed by atoms with E-state index in [1.807, 2.05) is 6.07 Å². The number of rotatable bonds is 2. The number of amides is 1. The summed E-state index contributed by atoms with van der Waals surface area (Å²) >= 11 is 0. The van der Waals surface area contributed by atoms with Crippen molar-refractivity contribution in [3.63, 3.8) is 0 Å². The van der Waals surface area contributed by atoms with Gasteiger partial charge in [-0.1, -0.05) is 25.3 Å². The Labute approximate surface area is 123 Å². The Bertz CT molecular complexity index is 708. The first-order chi connectivity index (χ1) is 10.2. The summed E-state index contributed by atoms with van der Waals surface area (Å²) in [5, 5.41) is 12.4. The van der Waals surface area contributed by atoms with Gasteiger partial charge in [0.25, 0.3) is 5.91 Å². The molecule has 1 amide bonds. The fraction of sp³-hybridized carbons (Fsp3) is 0.375. The summed E-state index contributed by atoms with van der Waals surface area (Å²) in [4.78, 5) is 21.0. The molecule has 0 radical (unpaired) electrons. The summed E-state index contributed by atoms with van der Waals surface area (Å²) in [7, 11) is 0. The van der Waals surface area contributed by atoms with Gasteiger partial charge in [0.1, 0.15) is 11.1 Å². The highest BCUT2D eigenvalue weighted by Gasteiger charge is 2.34. The van der Waals surface area contributed by atoms with Crippen LogP contribution in [0.2, 0.25) is 0 Å². The SMILES string of the molecule is N#CC1(NC(=O)c2cccc3nccnc23)CCCCC1. The van der Waals surface area contributed by atoms with E-state index >= 15 is 0 Å². The molecular weight excluding hydrogens is 264 g/mol.